The van der Waals surface area contributed by atoms with E-state index in [4.69, 9.17) is 9.47 Å². The third-order valence-corrected chi connectivity index (χ3v) is 8.39. The van der Waals surface area contributed by atoms with E-state index < -0.39 is 0 Å². The third-order valence-electron chi connectivity index (χ3n) is 8.39. The number of anilines is 1. The summed E-state index contributed by atoms with van der Waals surface area (Å²) in [4.78, 5) is 5.70. The summed E-state index contributed by atoms with van der Waals surface area (Å²) < 4.78 is 11.4. The van der Waals surface area contributed by atoms with Crippen LogP contribution >= 0.6 is 0 Å². The van der Waals surface area contributed by atoms with Gasteiger partial charge >= 0.3 is 0 Å². The average molecular weight is 324 g/mol. The highest BCUT2D eigenvalue weighted by Crippen LogP contribution is 2.69. The van der Waals surface area contributed by atoms with Gasteiger partial charge in [0.05, 0.1) is 5.54 Å². The molecule has 0 unspecified atom stereocenters. The molecule has 1 aromatic rings. The lowest BCUT2D eigenvalue weighted by Crippen LogP contribution is -2.71. The predicted molar refractivity (Wildman–Crippen MR) is 90.9 cm³/mol. The summed E-state index contributed by atoms with van der Waals surface area (Å²) in [7, 11) is 0. The first-order chi connectivity index (χ1) is 11.8. The van der Waals surface area contributed by atoms with Crippen molar-refractivity contribution in [2.45, 2.75) is 56.0 Å². The summed E-state index contributed by atoms with van der Waals surface area (Å²) >= 11 is 0. The zero-order chi connectivity index (χ0) is 15.5. The molecule has 24 heavy (non-hydrogen) atoms. The molecule has 0 amide bonds. The Morgan fingerprint density at radius 1 is 0.958 bits per heavy atom. The Morgan fingerprint density at radius 2 is 1.88 bits per heavy atom. The summed E-state index contributed by atoms with van der Waals surface area (Å²) in [6.07, 6.45) is 8.42. The Kier molecular flexibility index (Phi) is 2.08. The van der Waals surface area contributed by atoms with Crippen molar-refractivity contribution in [1.29, 1.82) is 0 Å². The van der Waals surface area contributed by atoms with Crippen molar-refractivity contribution < 1.29 is 9.47 Å². The number of fused-ring (bicyclic) bond motifs is 4. The fraction of sp³-hybridized carbons (Fsp3) is 0.700. The van der Waals surface area contributed by atoms with Crippen LogP contribution in [0.2, 0.25) is 0 Å². The van der Waals surface area contributed by atoms with Crippen LogP contribution in [0, 0.1) is 5.41 Å². The van der Waals surface area contributed by atoms with Gasteiger partial charge in [0.1, 0.15) is 0 Å². The van der Waals surface area contributed by atoms with Gasteiger partial charge in [0.15, 0.2) is 11.5 Å². The molecular formula is C20H24N2O2. The molecule has 1 spiro atoms. The molecule has 4 heteroatoms. The topological polar surface area (TPSA) is 24.9 Å². The lowest BCUT2D eigenvalue weighted by atomic mass is 9.62. The smallest absolute Gasteiger partial charge is 0.231 e. The van der Waals surface area contributed by atoms with Gasteiger partial charge in [-0.1, -0.05) is 0 Å². The Hall–Kier alpha value is -1.42. The Balaban J connectivity index is 1.47. The molecule has 2 bridgehead atoms. The largest absolute Gasteiger partial charge is 0.454 e. The normalized spacial score (nSPS) is 43.8. The van der Waals surface area contributed by atoms with Crippen LogP contribution in [0.1, 0.15) is 50.0 Å². The maximum atomic E-state index is 5.71. The summed E-state index contributed by atoms with van der Waals surface area (Å²) in [5, 5.41) is 0. The Morgan fingerprint density at radius 3 is 2.83 bits per heavy atom. The highest BCUT2D eigenvalue weighted by atomic mass is 16.7. The Labute approximate surface area is 142 Å². The second-order valence-corrected chi connectivity index (χ2v) is 8.90. The van der Waals surface area contributed by atoms with Crippen LogP contribution in [-0.4, -0.2) is 42.9 Å². The molecule has 4 atom stereocenters. The number of hydrogen-bond acceptors (Lipinski definition) is 4. The van der Waals surface area contributed by atoms with E-state index in [0.717, 1.165) is 17.5 Å². The molecule has 1 aliphatic carbocycles. The van der Waals surface area contributed by atoms with Crippen molar-refractivity contribution in [3.63, 3.8) is 0 Å². The lowest BCUT2D eigenvalue weighted by Gasteiger charge is -2.62. The van der Waals surface area contributed by atoms with Crippen LogP contribution in [0.4, 0.5) is 5.69 Å². The SMILES string of the molecule is c1c2c(cc3c1[C@H]1CCN4CCC[C@@]56CCN3[C@@]1(CC5)[C@@H]46)OCO2. The molecule has 0 aromatic heterocycles. The second-order valence-electron chi connectivity index (χ2n) is 8.90. The van der Waals surface area contributed by atoms with Crippen molar-refractivity contribution in [3.8, 4) is 11.5 Å². The maximum Gasteiger partial charge on any atom is 0.231 e. The fourth-order valence-electron chi connectivity index (χ4n) is 7.76. The van der Waals surface area contributed by atoms with E-state index in [2.05, 4.69) is 21.9 Å². The van der Waals surface area contributed by atoms with Crippen LogP contribution in [0.3, 0.4) is 0 Å². The molecule has 4 nitrogen and oxygen atoms in total. The third kappa shape index (κ3) is 1.19. The quantitative estimate of drug-likeness (QED) is 0.732. The molecule has 6 aliphatic rings. The minimum absolute atomic E-state index is 0.369. The van der Waals surface area contributed by atoms with E-state index in [9.17, 15) is 0 Å². The van der Waals surface area contributed by atoms with E-state index in [1.165, 1.54) is 63.8 Å². The fourth-order valence-corrected chi connectivity index (χ4v) is 7.76. The van der Waals surface area contributed by atoms with E-state index >= 15 is 0 Å². The van der Waals surface area contributed by atoms with E-state index in [-0.39, 0.29) is 0 Å². The van der Waals surface area contributed by atoms with Gasteiger partial charge in [0.25, 0.3) is 0 Å². The van der Waals surface area contributed by atoms with Gasteiger partial charge in [-0.05, 0) is 68.7 Å². The van der Waals surface area contributed by atoms with Crippen molar-refractivity contribution >= 4 is 5.69 Å². The monoisotopic (exact) mass is 324 g/mol. The minimum Gasteiger partial charge on any atom is -0.454 e. The van der Waals surface area contributed by atoms with E-state index in [1.54, 1.807) is 5.56 Å². The number of nitrogens with zero attached hydrogens (tertiary/aromatic N) is 2. The van der Waals surface area contributed by atoms with E-state index in [0.29, 0.717) is 23.7 Å². The molecule has 3 saturated heterocycles. The van der Waals surface area contributed by atoms with Gasteiger partial charge in [0, 0.05) is 30.3 Å². The minimum atomic E-state index is 0.369. The standard InChI is InChI=1S/C20H24N2O2/c1-3-19-4-5-20-14(2-8-21(7-1)18(19)20)13-10-16-17(24-12-23-16)11-15(13)22(20)9-6-19/h10-11,14,18H,1-9,12H2/t14-,18+,19+,20-/m1/s1. The highest BCUT2D eigenvalue weighted by Gasteiger charge is 2.71. The van der Waals surface area contributed by atoms with Gasteiger partial charge in [0.2, 0.25) is 6.79 Å². The van der Waals surface area contributed by atoms with Gasteiger partial charge in [-0.15, -0.1) is 0 Å². The van der Waals surface area contributed by atoms with E-state index in [1.807, 2.05) is 0 Å². The number of piperidine rings is 3. The molecule has 126 valence electrons. The maximum absolute atomic E-state index is 5.71. The zero-order valence-corrected chi connectivity index (χ0v) is 14.1. The van der Waals surface area contributed by atoms with Crippen LogP contribution in [0.25, 0.3) is 0 Å². The molecule has 1 saturated carbocycles. The van der Waals surface area contributed by atoms with Gasteiger partial charge < -0.3 is 14.4 Å². The van der Waals surface area contributed by atoms with Crippen LogP contribution in [0.15, 0.2) is 12.1 Å². The summed E-state index contributed by atoms with van der Waals surface area (Å²) in [5.41, 5.74) is 4.01. The summed E-state index contributed by atoms with van der Waals surface area (Å²) in [5.74, 6) is 2.63. The number of rotatable bonds is 0. The molecule has 7 rings (SSSR count). The van der Waals surface area contributed by atoms with Crippen LogP contribution in [0.5, 0.6) is 11.5 Å². The van der Waals surface area contributed by atoms with Gasteiger partial charge in [-0.25, -0.2) is 0 Å². The number of ether oxygens (including phenoxy) is 2. The molecule has 5 heterocycles. The second kappa shape index (κ2) is 3.87. The number of hydrogen-bond donors (Lipinski definition) is 0. The Bertz CT molecular complexity index is 729. The first kappa shape index (κ1) is 12.9. The van der Waals surface area contributed by atoms with Crippen molar-refractivity contribution in [1.82, 2.24) is 4.90 Å². The lowest BCUT2D eigenvalue weighted by molar-refractivity contribution is -0.0452. The number of benzene rings is 1. The predicted octanol–water partition coefficient (Wildman–Crippen LogP) is 3.11. The molecule has 4 fully saturated rings. The first-order valence-electron chi connectivity index (χ1n) is 9.77. The van der Waals surface area contributed by atoms with Crippen LogP contribution in [-0.2, 0) is 0 Å². The zero-order valence-electron chi connectivity index (χ0n) is 14.1. The van der Waals surface area contributed by atoms with Gasteiger partial charge in [-0.3, -0.25) is 4.90 Å². The van der Waals surface area contributed by atoms with Crippen molar-refractivity contribution in [2.24, 2.45) is 5.41 Å². The summed E-state index contributed by atoms with van der Waals surface area (Å²) in [6, 6.07) is 5.41. The molecule has 5 aliphatic heterocycles. The van der Waals surface area contributed by atoms with Crippen molar-refractivity contribution in [3.05, 3.63) is 17.7 Å². The van der Waals surface area contributed by atoms with Crippen molar-refractivity contribution in [2.75, 3.05) is 31.3 Å². The molecule has 0 N–H and O–H groups in total. The highest BCUT2D eigenvalue weighted by molar-refractivity contribution is 5.72. The first-order valence-corrected chi connectivity index (χ1v) is 9.77. The molecule has 0 radical (unpaired) electrons. The summed E-state index contributed by atoms with van der Waals surface area (Å²) in [6.45, 7) is 4.25. The van der Waals surface area contributed by atoms with Crippen LogP contribution < -0.4 is 14.4 Å². The molecular weight excluding hydrogens is 300 g/mol. The molecule has 1 aromatic carbocycles. The van der Waals surface area contributed by atoms with Gasteiger partial charge in [-0.2, -0.15) is 0 Å². The average Bonchev–Trinajstić information content (AvgIpc) is 3.24.